The zero-order chi connectivity index (χ0) is 17.6. The van der Waals surface area contributed by atoms with Crippen molar-refractivity contribution < 1.29 is 9.90 Å². The summed E-state index contributed by atoms with van der Waals surface area (Å²) in [5.41, 5.74) is 5.14. The minimum Gasteiger partial charge on any atom is -0.481 e. The highest BCUT2D eigenvalue weighted by molar-refractivity contribution is 5.66. The van der Waals surface area contributed by atoms with E-state index in [0.29, 0.717) is 6.42 Å². The van der Waals surface area contributed by atoms with E-state index in [1.807, 2.05) is 0 Å². The van der Waals surface area contributed by atoms with Crippen molar-refractivity contribution in [3.8, 4) is 0 Å². The van der Waals surface area contributed by atoms with E-state index in [2.05, 4.69) is 13.8 Å². The second-order valence-corrected chi connectivity index (χ2v) is 6.53. The molecule has 0 radical (unpaired) electrons. The molecule has 3 N–H and O–H groups in total. The monoisotopic (exact) mass is 329 g/mol. The van der Waals surface area contributed by atoms with E-state index in [1.54, 1.807) is 0 Å². The van der Waals surface area contributed by atoms with Gasteiger partial charge in [-0.25, -0.2) is 0 Å². The average molecular weight is 330 g/mol. The molecule has 0 amide bonds. The van der Waals surface area contributed by atoms with Crippen LogP contribution in [0.3, 0.4) is 0 Å². The minimum absolute atomic E-state index is 0.345. The molecule has 0 bridgehead atoms. The molecular formula is C20H43NO2. The summed E-state index contributed by atoms with van der Waals surface area (Å²) < 4.78 is 0. The fourth-order valence-corrected chi connectivity index (χ4v) is 2.50. The quantitative estimate of drug-likeness (QED) is 0.327. The lowest BCUT2D eigenvalue weighted by Gasteiger charge is -2.02. The molecule has 0 aromatic rings. The first kappa shape index (κ1) is 24.7. The maximum absolute atomic E-state index is 10.3. The van der Waals surface area contributed by atoms with Gasteiger partial charge in [0.2, 0.25) is 0 Å². The molecular weight excluding hydrogens is 286 g/mol. The summed E-state index contributed by atoms with van der Waals surface area (Å²) in [5.74, 6) is -0.655. The topological polar surface area (TPSA) is 63.3 Å². The van der Waals surface area contributed by atoms with Crippen LogP contribution in [0.2, 0.25) is 0 Å². The van der Waals surface area contributed by atoms with Gasteiger partial charge >= 0.3 is 5.97 Å². The van der Waals surface area contributed by atoms with Crippen molar-refractivity contribution in [2.75, 3.05) is 6.54 Å². The SMILES string of the molecule is CCCCCCCCCCCCCCCC(=O)O.CCCCN. The fourth-order valence-electron chi connectivity index (χ4n) is 2.50. The zero-order valence-corrected chi connectivity index (χ0v) is 16.0. The van der Waals surface area contributed by atoms with Gasteiger partial charge in [-0.3, -0.25) is 4.79 Å². The molecule has 0 heterocycles. The van der Waals surface area contributed by atoms with Crippen LogP contribution in [0.25, 0.3) is 0 Å². The van der Waals surface area contributed by atoms with Gasteiger partial charge in [-0.05, 0) is 19.4 Å². The van der Waals surface area contributed by atoms with Gasteiger partial charge in [0.25, 0.3) is 0 Å². The van der Waals surface area contributed by atoms with Gasteiger partial charge in [0, 0.05) is 6.42 Å². The summed E-state index contributed by atoms with van der Waals surface area (Å²) in [4.78, 5) is 10.3. The lowest BCUT2D eigenvalue weighted by Crippen LogP contribution is -1.95. The third-order valence-corrected chi connectivity index (χ3v) is 4.05. The number of rotatable bonds is 16. The average Bonchev–Trinajstić information content (AvgIpc) is 2.53. The number of carboxylic acids is 1. The van der Waals surface area contributed by atoms with Crippen LogP contribution >= 0.6 is 0 Å². The number of carboxylic acid groups (broad SMARTS) is 1. The highest BCUT2D eigenvalue weighted by Gasteiger charge is 1.96. The number of hydrogen-bond acceptors (Lipinski definition) is 2. The highest BCUT2D eigenvalue weighted by Crippen LogP contribution is 2.12. The van der Waals surface area contributed by atoms with E-state index in [4.69, 9.17) is 10.8 Å². The standard InChI is InChI=1S/C16H32O2.C4H11N/c1-2-3-4-5-6-7-8-9-10-11-12-13-14-15-16(17)18;1-2-3-4-5/h2-15H2,1H3,(H,17,18);2-5H2,1H3. The van der Waals surface area contributed by atoms with Gasteiger partial charge in [-0.1, -0.05) is 97.3 Å². The van der Waals surface area contributed by atoms with Crippen LogP contribution in [0.15, 0.2) is 0 Å². The van der Waals surface area contributed by atoms with Crippen LogP contribution in [0.5, 0.6) is 0 Å². The summed E-state index contributed by atoms with van der Waals surface area (Å²) in [6.45, 7) is 5.24. The Labute approximate surface area is 145 Å². The molecule has 140 valence electrons. The number of nitrogens with two attached hydrogens (primary N) is 1. The maximum atomic E-state index is 10.3. The summed E-state index contributed by atoms with van der Waals surface area (Å²) in [6, 6.07) is 0. The number of hydrogen-bond donors (Lipinski definition) is 2. The normalized spacial score (nSPS) is 10.2. The summed E-state index contributed by atoms with van der Waals surface area (Å²) in [5, 5.41) is 8.49. The molecule has 3 nitrogen and oxygen atoms in total. The van der Waals surface area contributed by atoms with Crippen molar-refractivity contribution in [2.24, 2.45) is 5.73 Å². The largest absolute Gasteiger partial charge is 0.481 e. The van der Waals surface area contributed by atoms with Crippen LogP contribution in [0.1, 0.15) is 117 Å². The van der Waals surface area contributed by atoms with E-state index >= 15 is 0 Å². The lowest BCUT2D eigenvalue weighted by atomic mass is 10.0. The summed E-state index contributed by atoms with van der Waals surface area (Å²) >= 11 is 0. The van der Waals surface area contributed by atoms with Crippen molar-refractivity contribution in [1.29, 1.82) is 0 Å². The molecule has 0 aromatic carbocycles. The Balaban J connectivity index is 0. The lowest BCUT2D eigenvalue weighted by molar-refractivity contribution is -0.137. The molecule has 23 heavy (non-hydrogen) atoms. The molecule has 0 rings (SSSR count). The van der Waals surface area contributed by atoms with Gasteiger partial charge in [-0.15, -0.1) is 0 Å². The first-order valence-electron chi connectivity index (χ1n) is 10.1. The van der Waals surface area contributed by atoms with E-state index in [9.17, 15) is 4.79 Å². The maximum Gasteiger partial charge on any atom is 0.303 e. The molecule has 0 fully saturated rings. The van der Waals surface area contributed by atoms with Crippen molar-refractivity contribution in [2.45, 2.75) is 117 Å². The van der Waals surface area contributed by atoms with Crippen LogP contribution in [-0.2, 0) is 4.79 Å². The predicted octanol–water partition coefficient (Wildman–Crippen LogP) is 6.30. The highest BCUT2D eigenvalue weighted by atomic mass is 16.4. The summed E-state index contributed by atoms with van der Waals surface area (Å²) in [7, 11) is 0. The smallest absolute Gasteiger partial charge is 0.303 e. The number of aliphatic carboxylic acids is 1. The third kappa shape index (κ3) is 30.0. The molecule has 0 spiro atoms. The number of carbonyl (C=O) groups is 1. The second kappa shape index (κ2) is 23.7. The Morgan fingerprint density at radius 2 is 1.00 bits per heavy atom. The van der Waals surface area contributed by atoms with Gasteiger partial charge in [0.15, 0.2) is 0 Å². The fraction of sp³-hybridized carbons (Fsp3) is 0.950. The van der Waals surface area contributed by atoms with Crippen molar-refractivity contribution in [3.63, 3.8) is 0 Å². The third-order valence-electron chi connectivity index (χ3n) is 4.05. The van der Waals surface area contributed by atoms with E-state index in [0.717, 1.165) is 19.4 Å². The van der Waals surface area contributed by atoms with Gasteiger partial charge < -0.3 is 10.8 Å². The molecule has 0 aliphatic carbocycles. The molecule has 0 aliphatic heterocycles. The molecule has 0 saturated carbocycles. The van der Waals surface area contributed by atoms with E-state index in [-0.39, 0.29) is 0 Å². The molecule has 0 aliphatic rings. The van der Waals surface area contributed by atoms with Gasteiger partial charge in [-0.2, -0.15) is 0 Å². The van der Waals surface area contributed by atoms with Crippen molar-refractivity contribution in [1.82, 2.24) is 0 Å². The van der Waals surface area contributed by atoms with Gasteiger partial charge in [0.05, 0.1) is 0 Å². The predicted molar refractivity (Wildman–Crippen MR) is 102 cm³/mol. The molecule has 0 unspecified atom stereocenters. The first-order chi connectivity index (χ1) is 11.2. The van der Waals surface area contributed by atoms with E-state index in [1.165, 1.54) is 83.5 Å². The van der Waals surface area contributed by atoms with Crippen LogP contribution in [0, 0.1) is 0 Å². The molecule has 0 saturated heterocycles. The Bertz CT molecular complexity index is 218. The Kier molecular flexibility index (Phi) is 25.4. The zero-order valence-electron chi connectivity index (χ0n) is 16.0. The van der Waals surface area contributed by atoms with Crippen LogP contribution < -0.4 is 5.73 Å². The van der Waals surface area contributed by atoms with Crippen LogP contribution in [0.4, 0.5) is 0 Å². The Morgan fingerprint density at radius 1 is 0.652 bits per heavy atom. The van der Waals surface area contributed by atoms with E-state index < -0.39 is 5.97 Å². The molecule has 0 atom stereocenters. The summed E-state index contributed by atoms with van der Waals surface area (Å²) in [6.07, 6.45) is 19.7. The first-order valence-corrected chi connectivity index (χ1v) is 10.1. The van der Waals surface area contributed by atoms with Gasteiger partial charge in [0.1, 0.15) is 0 Å². The second-order valence-electron chi connectivity index (χ2n) is 6.53. The Hall–Kier alpha value is -0.570. The van der Waals surface area contributed by atoms with Crippen molar-refractivity contribution in [3.05, 3.63) is 0 Å². The molecule has 3 heteroatoms. The van der Waals surface area contributed by atoms with Crippen molar-refractivity contribution >= 4 is 5.97 Å². The molecule has 0 aromatic heterocycles. The Morgan fingerprint density at radius 3 is 1.26 bits per heavy atom. The van der Waals surface area contributed by atoms with Crippen LogP contribution in [-0.4, -0.2) is 17.6 Å². The minimum atomic E-state index is -0.655. The number of unbranched alkanes of at least 4 members (excludes halogenated alkanes) is 13.